The van der Waals surface area contributed by atoms with Gasteiger partial charge in [0.1, 0.15) is 10.8 Å². The first-order valence-electron chi connectivity index (χ1n) is 7.40. The van der Waals surface area contributed by atoms with E-state index in [1.54, 1.807) is 47.5 Å². The van der Waals surface area contributed by atoms with Crippen molar-refractivity contribution in [2.24, 2.45) is 4.99 Å². The summed E-state index contributed by atoms with van der Waals surface area (Å²) in [6.07, 6.45) is 1.67. The van der Waals surface area contributed by atoms with Gasteiger partial charge in [-0.05, 0) is 29.8 Å². The van der Waals surface area contributed by atoms with E-state index in [1.807, 2.05) is 24.3 Å². The zero-order valence-electron chi connectivity index (χ0n) is 12.9. The zero-order valence-corrected chi connectivity index (χ0v) is 15.3. The van der Waals surface area contributed by atoms with E-state index in [9.17, 15) is 5.11 Å². The molecule has 0 unspecified atom stereocenters. The van der Waals surface area contributed by atoms with Crippen LogP contribution >= 0.6 is 34.4 Å². The van der Waals surface area contributed by atoms with Gasteiger partial charge in [-0.25, -0.2) is 9.98 Å². The molecule has 124 valence electrons. The van der Waals surface area contributed by atoms with E-state index in [0.717, 1.165) is 26.2 Å². The van der Waals surface area contributed by atoms with Crippen molar-refractivity contribution in [1.29, 1.82) is 0 Å². The van der Waals surface area contributed by atoms with Gasteiger partial charge in [0.25, 0.3) is 0 Å². The summed E-state index contributed by atoms with van der Waals surface area (Å²) in [7, 11) is 0. The van der Waals surface area contributed by atoms with Gasteiger partial charge in [0.05, 0.1) is 16.0 Å². The third-order valence-corrected chi connectivity index (χ3v) is 6.45. The molecule has 25 heavy (non-hydrogen) atoms. The summed E-state index contributed by atoms with van der Waals surface area (Å²) in [5.74, 6) is 0.938. The van der Waals surface area contributed by atoms with E-state index in [0.29, 0.717) is 5.13 Å². The van der Waals surface area contributed by atoms with Crippen molar-refractivity contribution in [1.82, 2.24) is 15.2 Å². The smallest absolute Gasteiger partial charge is 0.231 e. The number of thioether (sulfide) groups is 1. The predicted molar refractivity (Wildman–Crippen MR) is 104 cm³/mol. The average molecular weight is 385 g/mol. The molecule has 2 aromatic carbocycles. The number of benzene rings is 2. The maximum absolute atomic E-state index is 9.45. The molecule has 0 radical (unpaired) electrons. The molecule has 0 saturated heterocycles. The number of aliphatic imine (C=N–C) groups is 1. The van der Waals surface area contributed by atoms with Gasteiger partial charge in [-0.3, -0.25) is 0 Å². The largest absolute Gasteiger partial charge is 0.508 e. The number of hydrogen-bond donors (Lipinski definition) is 1. The van der Waals surface area contributed by atoms with Crippen LogP contribution in [0.4, 0.5) is 5.13 Å². The molecule has 0 saturated carbocycles. The first kappa shape index (κ1) is 16.2. The lowest BCUT2D eigenvalue weighted by molar-refractivity contribution is 0.475. The molecule has 0 aliphatic carbocycles. The average Bonchev–Trinajstić information content (AvgIpc) is 3.24. The van der Waals surface area contributed by atoms with Crippen LogP contribution in [0.1, 0.15) is 10.6 Å². The summed E-state index contributed by atoms with van der Waals surface area (Å²) in [5, 5.41) is 19.2. The lowest BCUT2D eigenvalue weighted by Crippen LogP contribution is -1.79. The second-order valence-corrected chi connectivity index (χ2v) is 8.36. The van der Waals surface area contributed by atoms with E-state index >= 15 is 0 Å². The minimum Gasteiger partial charge on any atom is -0.508 e. The van der Waals surface area contributed by atoms with Crippen LogP contribution < -0.4 is 0 Å². The Morgan fingerprint density at radius 3 is 2.88 bits per heavy atom. The van der Waals surface area contributed by atoms with Gasteiger partial charge in [0.15, 0.2) is 4.34 Å². The van der Waals surface area contributed by atoms with Crippen LogP contribution in [-0.2, 0) is 5.75 Å². The third kappa shape index (κ3) is 4.04. The van der Waals surface area contributed by atoms with Gasteiger partial charge < -0.3 is 5.11 Å². The first-order valence-corrected chi connectivity index (χ1v) is 10.0. The van der Waals surface area contributed by atoms with Crippen molar-refractivity contribution in [2.75, 3.05) is 0 Å². The maximum atomic E-state index is 9.45. The first-order chi connectivity index (χ1) is 12.3. The molecule has 0 aliphatic heterocycles. The number of rotatable bonds is 5. The molecule has 0 bridgehead atoms. The minimum atomic E-state index is 0.217. The molecule has 4 rings (SSSR count). The second kappa shape index (κ2) is 7.30. The number of aromatic hydroxyl groups is 1. The van der Waals surface area contributed by atoms with Crippen molar-refractivity contribution >= 4 is 56.0 Å². The minimum absolute atomic E-state index is 0.217. The number of aromatic nitrogens is 3. The van der Waals surface area contributed by atoms with Gasteiger partial charge in [-0.15, -0.1) is 21.5 Å². The number of phenols is 1. The van der Waals surface area contributed by atoms with Gasteiger partial charge >= 0.3 is 0 Å². The Bertz CT molecular complexity index is 1010. The highest BCUT2D eigenvalue weighted by atomic mass is 32.2. The van der Waals surface area contributed by atoms with Crippen molar-refractivity contribution in [3.05, 3.63) is 59.1 Å². The highest BCUT2D eigenvalue weighted by molar-refractivity contribution is 8.00. The van der Waals surface area contributed by atoms with Crippen molar-refractivity contribution in [3.8, 4) is 5.75 Å². The van der Waals surface area contributed by atoms with Crippen LogP contribution in [-0.4, -0.2) is 26.5 Å². The van der Waals surface area contributed by atoms with E-state index in [2.05, 4.69) is 26.2 Å². The fourth-order valence-electron chi connectivity index (χ4n) is 2.13. The Morgan fingerprint density at radius 2 is 2.00 bits per heavy atom. The molecule has 0 atom stereocenters. The summed E-state index contributed by atoms with van der Waals surface area (Å²) in [4.78, 5) is 8.92. The van der Waals surface area contributed by atoms with E-state index in [1.165, 1.54) is 16.0 Å². The molecule has 0 aliphatic rings. The van der Waals surface area contributed by atoms with Gasteiger partial charge in [-0.1, -0.05) is 47.4 Å². The lowest BCUT2D eigenvalue weighted by atomic mass is 10.2. The number of para-hydroxylation sites is 1. The summed E-state index contributed by atoms with van der Waals surface area (Å²) in [6, 6.07) is 15.0. The van der Waals surface area contributed by atoms with E-state index < -0.39 is 0 Å². The third-order valence-electron chi connectivity index (χ3n) is 3.24. The lowest BCUT2D eigenvalue weighted by Gasteiger charge is -1.92. The van der Waals surface area contributed by atoms with E-state index in [4.69, 9.17) is 0 Å². The second-order valence-electron chi connectivity index (χ2n) is 5.07. The van der Waals surface area contributed by atoms with Crippen LogP contribution in [0.15, 0.2) is 57.9 Å². The van der Waals surface area contributed by atoms with Gasteiger partial charge in [-0.2, -0.15) is 0 Å². The molecule has 4 aromatic rings. The molecule has 5 nitrogen and oxygen atoms in total. The summed E-state index contributed by atoms with van der Waals surface area (Å²) in [6.45, 7) is 0. The molecular weight excluding hydrogens is 372 g/mol. The van der Waals surface area contributed by atoms with Crippen LogP contribution in [0.2, 0.25) is 0 Å². The summed E-state index contributed by atoms with van der Waals surface area (Å²) in [5.41, 5.74) is 1.85. The molecular formula is C17H12N4OS3. The molecule has 2 aromatic heterocycles. The molecule has 0 spiro atoms. The van der Waals surface area contributed by atoms with Gasteiger partial charge in [0, 0.05) is 6.21 Å². The van der Waals surface area contributed by atoms with Crippen molar-refractivity contribution in [2.45, 2.75) is 10.1 Å². The molecule has 2 heterocycles. The number of nitrogens with zero attached hydrogens (tertiary/aromatic N) is 4. The number of fused-ring (bicyclic) bond motifs is 1. The normalized spacial score (nSPS) is 11.5. The van der Waals surface area contributed by atoms with E-state index in [-0.39, 0.29) is 5.75 Å². The number of phenolic OH excluding ortho intramolecular Hbond substituents is 1. The monoisotopic (exact) mass is 384 g/mol. The Morgan fingerprint density at radius 1 is 1.08 bits per heavy atom. The van der Waals surface area contributed by atoms with Crippen LogP contribution in [0.5, 0.6) is 5.75 Å². The maximum Gasteiger partial charge on any atom is 0.231 e. The Kier molecular flexibility index (Phi) is 4.73. The number of hydrogen-bond acceptors (Lipinski definition) is 8. The summed E-state index contributed by atoms with van der Waals surface area (Å²) < 4.78 is 2.22. The predicted octanol–water partition coefficient (Wildman–Crippen LogP) is 4.90. The Hall–Kier alpha value is -2.29. The quantitative estimate of drug-likeness (QED) is 0.391. The SMILES string of the molecule is Oc1cccc(/C=N/c2nnc(CSc3nc4ccccc4s3)s2)c1. The van der Waals surface area contributed by atoms with Crippen LogP contribution in [0.3, 0.4) is 0 Å². The molecule has 0 amide bonds. The Balaban J connectivity index is 1.41. The highest BCUT2D eigenvalue weighted by Gasteiger charge is 2.07. The zero-order chi connectivity index (χ0) is 17.1. The Labute approximate surface area is 156 Å². The fourth-order valence-corrected chi connectivity index (χ4v) is 4.86. The van der Waals surface area contributed by atoms with Crippen LogP contribution in [0.25, 0.3) is 10.2 Å². The molecule has 1 N–H and O–H groups in total. The number of thiazole rings is 1. The highest BCUT2D eigenvalue weighted by Crippen LogP contribution is 2.32. The van der Waals surface area contributed by atoms with Crippen molar-refractivity contribution in [3.63, 3.8) is 0 Å². The van der Waals surface area contributed by atoms with Crippen molar-refractivity contribution < 1.29 is 5.11 Å². The molecule has 0 fully saturated rings. The van der Waals surface area contributed by atoms with Crippen LogP contribution in [0, 0.1) is 0 Å². The topological polar surface area (TPSA) is 71.3 Å². The molecule has 8 heteroatoms. The fraction of sp³-hybridized carbons (Fsp3) is 0.0588. The van der Waals surface area contributed by atoms with Gasteiger partial charge in [0.2, 0.25) is 5.13 Å². The standard InChI is InChI=1S/C17H12N4OS3/c22-12-5-3-4-11(8-12)9-18-16-21-20-15(25-16)10-23-17-19-13-6-1-2-7-14(13)24-17/h1-9,22H,10H2/b18-9+. The summed E-state index contributed by atoms with van der Waals surface area (Å²) >= 11 is 4.80.